The normalized spacial score (nSPS) is 17.5. The van der Waals surface area contributed by atoms with Gasteiger partial charge >= 0.3 is 7.12 Å². The molecule has 1 saturated heterocycles. The van der Waals surface area contributed by atoms with Gasteiger partial charge in [0.05, 0.1) is 11.2 Å². The lowest BCUT2D eigenvalue weighted by atomic mass is 9.75. The molecule has 150 valence electrons. The largest absolute Gasteiger partial charge is 0.496 e. The van der Waals surface area contributed by atoms with E-state index in [0.29, 0.717) is 0 Å². The number of thiophene rings is 1. The van der Waals surface area contributed by atoms with Gasteiger partial charge in [0.25, 0.3) is 0 Å². The average Bonchev–Trinajstić information content (AvgIpc) is 3.22. The summed E-state index contributed by atoms with van der Waals surface area (Å²) in [7, 11) is -0.398. The molecule has 0 atom stereocenters. The lowest BCUT2D eigenvalue weighted by molar-refractivity contribution is 0.00578. The summed E-state index contributed by atoms with van der Waals surface area (Å²) in [5.74, 6) is 0. The van der Waals surface area contributed by atoms with Gasteiger partial charge in [-0.3, -0.25) is 0 Å². The van der Waals surface area contributed by atoms with Gasteiger partial charge in [-0.25, -0.2) is 0 Å². The summed E-state index contributed by atoms with van der Waals surface area (Å²) in [6, 6.07) is 27.8. The van der Waals surface area contributed by atoms with Gasteiger partial charge in [-0.2, -0.15) is 0 Å². The van der Waals surface area contributed by atoms with E-state index in [0.717, 1.165) is 5.46 Å². The first-order chi connectivity index (χ1) is 14.4. The predicted octanol–water partition coefficient (Wildman–Crippen LogP) is 6.53. The van der Waals surface area contributed by atoms with Crippen LogP contribution < -0.4 is 5.46 Å². The van der Waals surface area contributed by atoms with Crippen LogP contribution in [-0.2, 0) is 9.31 Å². The summed E-state index contributed by atoms with van der Waals surface area (Å²) >= 11 is 1.81. The van der Waals surface area contributed by atoms with Crippen LogP contribution in [0, 0.1) is 0 Å². The lowest BCUT2D eigenvalue weighted by Crippen LogP contribution is -2.41. The Kier molecular flexibility index (Phi) is 4.62. The molecule has 3 aromatic carbocycles. The van der Waals surface area contributed by atoms with Crippen LogP contribution in [0.4, 0.5) is 0 Å². The van der Waals surface area contributed by atoms with E-state index in [9.17, 15) is 0 Å². The van der Waals surface area contributed by atoms with E-state index < -0.39 is 7.12 Å². The second kappa shape index (κ2) is 7.09. The fraction of sp³-hybridized carbons (Fsp3) is 0.231. The first kappa shape index (κ1) is 19.6. The minimum Gasteiger partial charge on any atom is -0.399 e. The topological polar surface area (TPSA) is 18.5 Å². The molecule has 1 aliphatic heterocycles. The number of benzene rings is 3. The highest BCUT2D eigenvalue weighted by Crippen LogP contribution is 2.42. The van der Waals surface area contributed by atoms with Gasteiger partial charge in [0.15, 0.2) is 0 Å². The summed E-state index contributed by atoms with van der Waals surface area (Å²) in [5.41, 5.74) is 4.04. The van der Waals surface area contributed by atoms with E-state index in [2.05, 4.69) is 107 Å². The maximum absolute atomic E-state index is 6.51. The van der Waals surface area contributed by atoms with E-state index in [-0.39, 0.29) is 11.2 Å². The minimum absolute atomic E-state index is 0.378. The Bertz CT molecular complexity index is 1190. The molecule has 0 N–H and O–H groups in total. The van der Waals surface area contributed by atoms with Gasteiger partial charge in [0, 0.05) is 15.0 Å². The quantitative estimate of drug-likeness (QED) is 0.356. The molecule has 4 aromatic rings. The van der Waals surface area contributed by atoms with Crippen molar-refractivity contribution in [2.75, 3.05) is 0 Å². The Morgan fingerprint density at radius 1 is 0.667 bits per heavy atom. The van der Waals surface area contributed by atoms with Crippen molar-refractivity contribution in [2.45, 2.75) is 38.9 Å². The molecule has 1 aromatic heterocycles. The van der Waals surface area contributed by atoms with Gasteiger partial charge in [-0.05, 0) is 55.8 Å². The van der Waals surface area contributed by atoms with Crippen molar-refractivity contribution in [3.8, 4) is 21.6 Å². The fourth-order valence-corrected chi connectivity index (χ4v) is 5.27. The van der Waals surface area contributed by atoms with Gasteiger partial charge in [0.2, 0.25) is 0 Å². The van der Waals surface area contributed by atoms with Crippen molar-refractivity contribution in [3.05, 3.63) is 78.9 Å². The number of hydrogen-bond acceptors (Lipinski definition) is 3. The van der Waals surface area contributed by atoms with Gasteiger partial charge in [-0.15, -0.1) is 11.3 Å². The average molecular weight is 412 g/mol. The molecular formula is C26H25BO2S. The van der Waals surface area contributed by atoms with Crippen molar-refractivity contribution >= 4 is 34.0 Å². The fourth-order valence-electron chi connectivity index (χ4n) is 4.01. The Balaban J connectivity index is 1.74. The zero-order chi connectivity index (χ0) is 20.9. The van der Waals surface area contributed by atoms with Crippen molar-refractivity contribution in [2.24, 2.45) is 0 Å². The standard InChI is InChI=1S/C26H25BO2S/c1-25(2)26(3,4)29-27(28-25)23-21-16-10-11-17-22(21)30-24(23)20-15-9-8-14-19(20)18-12-6-5-7-13-18/h5-17H,1-4H3. The van der Waals surface area contributed by atoms with Gasteiger partial charge in [0.1, 0.15) is 0 Å². The lowest BCUT2D eigenvalue weighted by Gasteiger charge is -2.32. The van der Waals surface area contributed by atoms with Gasteiger partial charge in [-0.1, -0.05) is 72.8 Å². The molecule has 30 heavy (non-hydrogen) atoms. The van der Waals surface area contributed by atoms with Crippen molar-refractivity contribution in [1.29, 1.82) is 0 Å². The Morgan fingerprint density at radius 3 is 1.93 bits per heavy atom. The Labute approximate surface area is 182 Å². The van der Waals surface area contributed by atoms with Crippen LogP contribution >= 0.6 is 11.3 Å². The highest BCUT2D eigenvalue weighted by Gasteiger charge is 2.53. The molecule has 0 saturated carbocycles. The highest BCUT2D eigenvalue weighted by atomic mass is 32.1. The monoisotopic (exact) mass is 412 g/mol. The molecule has 0 radical (unpaired) electrons. The third kappa shape index (κ3) is 3.11. The molecule has 0 aliphatic carbocycles. The molecule has 0 amide bonds. The molecule has 0 bridgehead atoms. The summed E-state index contributed by atoms with van der Waals surface area (Å²) < 4.78 is 14.3. The van der Waals surface area contributed by atoms with E-state index in [1.165, 1.54) is 31.7 Å². The molecule has 0 unspecified atom stereocenters. The predicted molar refractivity (Wildman–Crippen MR) is 128 cm³/mol. The summed E-state index contributed by atoms with van der Waals surface area (Å²) in [6.07, 6.45) is 0. The van der Waals surface area contributed by atoms with E-state index in [4.69, 9.17) is 9.31 Å². The molecule has 0 spiro atoms. The molecule has 5 rings (SSSR count). The van der Waals surface area contributed by atoms with Crippen LogP contribution in [0.15, 0.2) is 78.9 Å². The van der Waals surface area contributed by atoms with E-state index >= 15 is 0 Å². The van der Waals surface area contributed by atoms with Crippen molar-refractivity contribution < 1.29 is 9.31 Å². The minimum atomic E-state index is -0.398. The molecular weight excluding hydrogens is 387 g/mol. The van der Waals surface area contributed by atoms with E-state index in [1.54, 1.807) is 0 Å². The van der Waals surface area contributed by atoms with Crippen molar-refractivity contribution in [3.63, 3.8) is 0 Å². The first-order valence-electron chi connectivity index (χ1n) is 10.4. The van der Waals surface area contributed by atoms with Crippen molar-refractivity contribution in [1.82, 2.24) is 0 Å². The highest BCUT2D eigenvalue weighted by molar-refractivity contribution is 7.24. The van der Waals surface area contributed by atoms with Gasteiger partial charge < -0.3 is 9.31 Å². The Morgan fingerprint density at radius 2 is 1.23 bits per heavy atom. The summed E-state index contributed by atoms with van der Waals surface area (Å²) in [4.78, 5) is 1.22. The van der Waals surface area contributed by atoms with Crippen LogP contribution in [0.3, 0.4) is 0 Å². The molecule has 2 heterocycles. The Hall–Kier alpha value is -2.40. The number of hydrogen-bond donors (Lipinski definition) is 0. The third-order valence-corrected chi connectivity index (χ3v) is 7.60. The van der Waals surface area contributed by atoms with Crippen LogP contribution in [0.5, 0.6) is 0 Å². The van der Waals surface area contributed by atoms with E-state index in [1.807, 2.05) is 11.3 Å². The molecule has 1 fully saturated rings. The first-order valence-corrected chi connectivity index (χ1v) is 11.2. The molecule has 2 nitrogen and oxygen atoms in total. The summed E-state index contributed by atoms with van der Waals surface area (Å²) in [6.45, 7) is 8.44. The van der Waals surface area contributed by atoms with Crippen LogP contribution in [0.2, 0.25) is 0 Å². The smallest absolute Gasteiger partial charge is 0.399 e. The zero-order valence-electron chi connectivity index (χ0n) is 17.8. The van der Waals surface area contributed by atoms with Crippen LogP contribution in [-0.4, -0.2) is 18.3 Å². The van der Waals surface area contributed by atoms with Crippen LogP contribution in [0.25, 0.3) is 31.7 Å². The maximum Gasteiger partial charge on any atom is 0.496 e. The number of rotatable bonds is 3. The van der Waals surface area contributed by atoms with Crippen LogP contribution in [0.1, 0.15) is 27.7 Å². The number of fused-ring (bicyclic) bond motifs is 1. The summed E-state index contributed by atoms with van der Waals surface area (Å²) in [5, 5.41) is 1.21. The second-order valence-corrected chi connectivity index (χ2v) is 9.89. The second-order valence-electron chi connectivity index (χ2n) is 8.84. The zero-order valence-corrected chi connectivity index (χ0v) is 18.6. The SMILES string of the molecule is CC1(C)OB(c2c(-c3ccccc3-c3ccccc3)sc3ccccc23)OC1(C)C. The molecule has 4 heteroatoms. The maximum atomic E-state index is 6.51. The third-order valence-electron chi connectivity index (χ3n) is 6.38. The molecule has 1 aliphatic rings.